The molecule has 36 heavy (non-hydrogen) atoms. The lowest BCUT2D eigenvalue weighted by molar-refractivity contribution is 0.237. The van der Waals surface area contributed by atoms with Crippen molar-refractivity contribution in [2.24, 2.45) is 5.92 Å². The highest BCUT2D eigenvalue weighted by Crippen LogP contribution is 2.29. The molecule has 0 spiro atoms. The molecule has 190 valence electrons. The third kappa shape index (κ3) is 5.90. The number of hydrogen-bond donors (Lipinski definition) is 1. The van der Waals surface area contributed by atoms with Gasteiger partial charge in [0, 0.05) is 32.7 Å². The van der Waals surface area contributed by atoms with Gasteiger partial charge in [0.15, 0.2) is 0 Å². The molecule has 3 aromatic rings. The number of aromatic nitrogens is 2. The summed E-state index contributed by atoms with van der Waals surface area (Å²) in [4.78, 5) is 18.2. The SMILES string of the molecule is O=c1c(OCCC2CCCCC2)c(N2CCN(Cc3cccc(O)c3)CC2)cnn1-c1ccccc1. The molecule has 5 rings (SSSR count). The van der Waals surface area contributed by atoms with Crippen LogP contribution in [0.2, 0.25) is 0 Å². The van der Waals surface area contributed by atoms with E-state index in [1.807, 2.05) is 48.5 Å². The van der Waals surface area contributed by atoms with Gasteiger partial charge in [-0.2, -0.15) is 9.78 Å². The van der Waals surface area contributed by atoms with Crippen molar-refractivity contribution in [3.8, 4) is 17.2 Å². The van der Waals surface area contributed by atoms with Gasteiger partial charge in [-0.1, -0.05) is 62.4 Å². The van der Waals surface area contributed by atoms with Gasteiger partial charge < -0.3 is 14.7 Å². The lowest BCUT2D eigenvalue weighted by Crippen LogP contribution is -2.46. The molecule has 2 heterocycles. The van der Waals surface area contributed by atoms with Crippen LogP contribution in [0.1, 0.15) is 44.1 Å². The maximum atomic E-state index is 13.6. The molecule has 1 aromatic heterocycles. The van der Waals surface area contributed by atoms with E-state index in [-0.39, 0.29) is 5.56 Å². The molecule has 0 bridgehead atoms. The number of phenols is 1. The molecule has 0 amide bonds. The molecule has 2 fully saturated rings. The van der Waals surface area contributed by atoms with E-state index in [9.17, 15) is 9.90 Å². The molecule has 1 saturated heterocycles. The number of anilines is 1. The van der Waals surface area contributed by atoms with Crippen molar-refractivity contribution in [1.82, 2.24) is 14.7 Å². The zero-order chi connectivity index (χ0) is 24.7. The number of hydrogen-bond acceptors (Lipinski definition) is 6. The summed E-state index contributed by atoms with van der Waals surface area (Å²) in [5.41, 5.74) is 2.42. The average Bonchev–Trinajstić information content (AvgIpc) is 2.91. The van der Waals surface area contributed by atoms with E-state index in [1.54, 1.807) is 12.3 Å². The predicted octanol–water partition coefficient (Wildman–Crippen LogP) is 4.61. The quantitative estimate of drug-likeness (QED) is 0.499. The van der Waals surface area contributed by atoms with Crippen LogP contribution in [0.4, 0.5) is 5.69 Å². The number of phenolic OH excluding ortho intramolecular Hbond substituents is 1. The standard InChI is InChI=1S/C29H36N4O3/c34-26-13-7-10-24(20-26)22-31-15-17-32(18-16-31)27-21-30-33(25-11-5-2-6-12-25)29(35)28(27)36-19-14-23-8-3-1-4-9-23/h2,5-7,10-13,20-21,23,34H,1,3-4,8-9,14-19,22H2. The van der Waals surface area contributed by atoms with Gasteiger partial charge in [-0.25, -0.2) is 0 Å². The topological polar surface area (TPSA) is 70.8 Å². The van der Waals surface area contributed by atoms with Gasteiger partial charge >= 0.3 is 5.56 Å². The van der Waals surface area contributed by atoms with Crippen molar-refractivity contribution in [2.75, 3.05) is 37.7 Å². The van der Waals surface area contributed by atoms with Crippen LogP contribution in [0.3, 0.4) is 0 Å². The molecule has 1 aliphatic heterocycles. The van der Waals surface area contributed by atoms with Crippen LogP contribution in [-0.2, 0) is 6.54 Å². The zero-order valence-electron chi connectivity index (χ0n) is 20.9. The van der Waals surface area contributed by atoms with Crippen molar-refractivity contribution in [3.05, 3.63) is 76.7 Å². The predicted molar refractivity (Wildman–Crippen MR) is 142 cm³/mol. The fourth-order valence-electron chi connectivity index (χ4n) is 5.41. The van der Waals surface area contributed by atoms with E-state index >= 15 is 0 Å². The minimum Gasteiger partial charge on any atom is -0.508 e. The van der Waals surface area contributed by atoms with Crippen molar-refractivity contribution >= 4 is 5.69 Å². The molecule has 2 aliphatic rings. The fraction of sp³-hybridized carbons (Fsp3) is 0.448. The Bertz CT molecular complexity index is 1180. The molecule has 1 aliphatic carbocycles. The minimum absolute atomic E-state index is 0.204. The minimum atomic E-state index is -0.204. The Balaban J connectivity index is 1.31. The maximum Gasteiger partial charge on any atom is 0.316 e. The van der Waals surface area contributed by atoms with Crippen LogP contribution in [0, 0.1) is 5.92 Å². The smallest absolute Gasteiger partial charge is 0.316 e. The van der Waals surface area contributed by atoms with Crippen LogP contribution < -0.4 is 15.2 Å². The molecule has 7 nitrogen and oxygen atoms in total. The number of piperazine rings is 1. The van der Waals surface area contributed by atoms with Crippen molar-refractivity contribution in [1.29, 1.82) is 0 Å². The van der Waals surface area contributed by atoms with Gasteiger partial charge in [0.25, 0.3) is 0 Å². The molecule has 1 saturated carbocycles. The van der Waals surface area contributed by atoms with Crippen LogP contribution in [-0.4, -0.2) is 52.6 Å². The van der Waals surface area contributed by atoms with E-state index in [4.69, 9.17) is 4.74 Å². The third-order valence-corrected chi connectivity index (χ3v) is 7.44. The molecule has 7 heteroatoms. The zero-order valence-corrected chi connectivity index (χ0v) is 20.9. The first-order valence-corrected chi connectivity index (χ1v) is 13.2. The van der Waals surface area contributed by atoms with Crippen LogP contribution in [0.25, 0.3) is 5.69 Å². The number of aromatic hydroxyl groups is 1. The number of ether oxygens (including phenoxy) is 1. The Kier molecular flexibility index (Phi) is 7.86. The maximum absolute atomic E-state index is 13.6. The number of benzene rings is 2. The van der Waals surface area contributed by atoms with E-state index in [0.717, 1.165) is 56.1 Å². The first kappa shape index (κ1) is 24.4. The molecule has 0 unspecified atom stereocenters. The second-order valence-electron chi connectivity index (χ2n) is 9.99. The third-order valence-electron chi connectivity index (χ3n) is 7.44. The second kappa shape index (κ2) is 11.6. The van der Waals surface area contributed by atoms with Crippen molar-refractivity contribution < 1.29 is 9.84 Å². The average molecular weight is 489 g/mol. The first-order chi connectivity index (χ1) is 17.7. The lowest BCUT2D eigenvalue weighted by atomic mass is 9.87. The highest BCUT2D eigenvalue weighted by Gasteiger charge is 2.24. The van der Waals surface area contributed by atoms with Gasteiger partial charge in [0.1, 0.15) is 11.4 Å². The first-order valence-electron chi connectivity index (χ1n) is 13.2. The fourth-order valence-corrected chi connectivity index (χ4v) is 5.41. The van der Waals surface area contributed by atoms with Crippen molar-refractivity contribution in [2.45, 2.75) is 45.1 Å². The monoisotopic (exact) mass is 488 g/mol. The largest absolute Gasteiger partial charge is 0.508 e. The summed E-state index contributed by atoms with van der Waals surface area (Å²) in [5, 5.41) is 14.3. The Morgan fingerprint density at radius 1 is 0.944 bits per heavy atom. The van der Waals surface area contributed by atoms with E-state index in [2.05, 4.69) is 14.9 Å². The second-order valence-corrected chi connectivity index (χ2v) is 9.99. The molecular weight excluding hydrogens is 452 g/mol. The van der Waals surface area contributed by atoms with Crippen molar-refractivity contribution in [3.63, 3.8) is 0 Å². The molecule has 0 atom stereocenters. The summed E-state index contributed by atoms with van der Waals surface area (Å²) in [6, 6.07) is 17.0. The molecule has 2 aromatic carbocycles. The van der Waals surface area contributed by atoms with Gasteiger partial charge in [-0.3, -0.25) is 9.69 Å². The summed E-state index contributed by atoms with van der Waals surface area (Å²) in [6.07, 6.45) is 9.26. The Hall–Kier alpha value is -3.32. The normalized spacial score (nSPS) is 17.3. The summed E-state index contributed by atoms with van der Waals surface area (Å²) in [6.45, 7) is 4.64. The Labute approximate surface area is 212 Å². The van der Waals surface area contributed by atoms with Crippen LogP contribution >= 0.6 is 0 Å². The van der Waals surface area contributed by atoms with Gasteiger partial charge in [0.05, 0.1) is 18.5 Å². The highest BCUT2D eigenvalue weighted by atomic mass is 16.5. The summed E-state index contributed by atoms with van der Waals surface area (Å²) >= 11 is 0. The van der Waals surface area contributed by atoms with Crippen LogP contribution in [0.15, 0.2) is 65.6 Å². The molecule has 1 N–H and O–H groups in total. The molecular formula is C29H36N4O3. The van der Waals surface area contributed by atoms with Gasteiger partial charge in [0.2, 0.25) is 5.75 Å². The Morgan fingerprint density at radius 3 is 2.47 bits per heavy atom. The van der Waals surface area contributed by atoms with E-state index in [1.165, 1.54) is 36.8 Å². The van der Waals surface area contributed by atoms with Gasteiger partial charge in [-0.15, -0.1) is 0 Å². The Morgan fingerprint density at radius 2 is 1.72 bits per heavy atom. The number of para-hydroxylation sites is 1. The molecule has 0 radical (unpaired) electrons. The van der Waals surface area contributed by atoms with E-state index in [0.29, 0.717) is 24.0 Å². The summed E-state index contributed by atoms with van der Waals surface area (Å²) < 4.78 is 7.71. The van der Waals surface area contributed by atoms with Gasteiger partial charge in [-0.05, 0) is 42.2 Å². The highest BCUT2D eigenvalue weighted by molar-refractivity contribution is 5.57. The summed E-state index contributed by atoms with van der Waals surface area (Å²) in [5.74, 6) is 1.40. The van der Waals surface area contributed by atoms with Crippen LogP contribution in [0.5, 0.6) is 11.5 Å². The number of nitrogens with zero attached hydrogens (tertiary/aromatic N) is 4. The lowest BCUT2D eigenvalue weighted by Gasteiger charge is -2.36. The van der Waals surface area contributed by atoms with E-state index < -0.39 is 0 Å². The summed E-state index contributed by atoms with van der Waals surface area (Å²) in [7, 11) is 0. The number of rotatable bonds is 8.